The molecule has 0 atom stereocenters. The Morgan fingerprint density at radius 2 is 2.17 bits per heavy atom. The molecule has 2 aromatic heterocycles. The third kappa shape index (κ3) is 2.39. The molecule has 0 bridgehead atoms. The number of likely N-dealkylation sites (tertiary alicyclic amines) is 1. The van der Waals surface area contributed by atoms with Crippen LogP contribution in [0.25, 0.3) is 10.8 Å². The Morgan fingerprint density at radius 3 is 2.89 bits per heavy atom. The average Bonchev–Trinajstić information content (AvgIpc) is 3.01. The van der Waals surface area contributed by atoms with Gasteiger partial charge in [0, 0.05) is 0 Å². The van der Waals surface area contributed by atoms with Crippen LogP contribution in [0.1, 0.15) is 19.3 Å². The molecule has 0 N–H and O–H groups in total. The van der Waals surface area contributed by atoms with E-state index < -0.39 is 0 Å². The Bertz CT molecular complexity index is 552. The highest BCUT2D eigenvalue weighted by Crippen LogP contribution is 2.21. The molecule has 6 heteroatoms. The zero-order valence-electron chi connectivity index (χ0n) is 10.0. The summed E-state index contributed by atoms with van der Waals surface area (Å²) < 4.78 is 6.60. The number of rotatable bonds is 3. The van der Waals surface area contributed by atoms with Crippen LogP contribution >= 0.6 is 11.3 Å². The zero-order chi connectivity index (χ0) is 12.4. The highest BCUT2D eigenvalue weighted by Gasteiger charge is 2.15. The van der Waals surface area contributed by atoms with Gasteiger partial charge in [0.25, 0.3) is 5.89 Å². The van der Waals surface area contributed by atoms with Gasteiger partial charge in [-0.05, 0) is 37.4 Å². The van der Waals surface area contributed by atoms with Gasteiger partial charge >= 0.3 is 5.76 Å². The van der Waals surface area contributed by atoms with Gasteiger partial charge in [-0.3, -0.25) is 4.90 Å². The van der Waals surface area contributed by atoms with Gasteiger partial charge in [0.05, 0.1) is 4.88 Å². The Labute approximate surface area is 109 Å². The number of thiophene rings is 1. The molecule has 96 valence electrons. The van der Waals surface area contributed by atoms with E-state index in [2.05, 4.69) is 10.00 Å². The van der Waals surface area contributed by atoms with Crippen molar-refractivity contribution < 1.29 is 4.42 Å². The van der Waals surface area contributed by atoms with E-state index in [1.165, 1.54) is 35.3 Å². The summed E-state index contributed by atoms with van der Waals surface area (Å²) in [7, 11) is 0. The molecule has 1 saturated heterocycles. The van der Waals surface area contributed by atoms with Crippen molar-refractivity contribution in [1.29, 1.82) is 0 Å². The molecule has 0 saturated carbocycles. The highest BCUT2D eigenvalue weighted by atomic mass is 32.1. The smallest absolute Gasteiger partial charge is 0.387 e. The Morgan fingerprint density at radius 1 is 1.33 bits per heavy atom. The monoisotopic (exact) mass is 265 g/mol. The Kier molecular flexibility index (Phi) is 3.29. The van der Waals surface area contributed by atoms with Gasteiger partial charge in [-0.2, -0.15) is 4.68 Å². The minimum atomic E-state index is -0.371. The fourth-order valence-corrected chi connectivity index (χ4v) is 2.83. The van der Waals surface area contributed by atoms with Crippen molar-refractivity contribution in [3.05, 3.63) is 28.1 Å². The van der Waals surface area contributed by atoms with Gasteiger partial charge in [0.1, 0.15) is 6.67 Å². The molecule has 2 aromatic rings. The topological polar surface area (TPSA) is 51.3 Å². The second kappa shape index (κ2) is 5.07. The van der Waals surface area contributed by atoms with E-state index in [9.17, 15) is 4.79 Å². The lowest BCUT2D eigenvalue weighted by atomic mass is 10.1. The Hall–Kier alpha value is -1.40. The maximum atomic E-state index is 11.7. The molecular weight excluding hydrogens is 250 g/mol. The molecule has 18 heavy (non-hydrogen) atoms. The van der Waals surface area contributed by atoms with Crippen molar-refractivity contribution in [3.63, 3.8) is 0 Å². The minimum Gasteiger partial charge on any atom is -0.387 e. The molecule has 0 radical (unpaired) electrons. The largest absolute Gasteiger partial charge is 0.438 e. The molecular formula is C12H15N3O2S. The number of nitrogens with zero attached hydrogens (tertiary/aromatic N) is 3. The molecule has 1 aliphatic rings. The first kappa shape index (κ1) is 11.7. The predicted octanol–water partition coefficient (Wildman–Crippen LogP) is 2.01. The van der Waals surface area contributed by atoms with Crippen LogP contribution in [-0.4, -0.2) is 27.8 Å². The summed E-state index contributed by atoms with van der Waals surface area (Å²) in [6, 6.07) is 3.82. The van der Waals surface area contributed by atoms with E-state index in [0.29, 0.717) is 12.6 Å². The molecule has 0 unspecified atom stereocenters. The number of hydrogen-bond donors (Lipinski definition) is 0. The number of aromatic nitrogens is 2. The minimum absolute atomic E-state index is 0.371. The molecule has 3 rings (SSSR count). The fourth-order valence-electron chi connectivity index (χ4n) is 2.19. The third-order valence-corrected chi connectivity index (χ3v) is 3.98. The molecule has 3 heterocycles. The lowest BCUT2D eigenvalue weighted by molar-refractivity contribution is 0.168. The standard InChI is InChI=1S/C12H15N3O2S/c16-12-15(9-14-6-2-1-3-7-14)13-11(17-12)10-5-4-8-18-10/h4-5,8H,1-3,6-7,9H2. The van der Waals surface area contributed by atoms with Gasteiger partial charge in [0.2, 0.25) is 0 Å². The van der Waals surface area contributed by atoms with Crippen molar-refractivity contribution in [2.75, 3.05) is 13.1 Å². The van der Waals surface area contributed by atoms with Gasteiger partial charge in [-0.25, -0.2) is 4.79 Å². The van der Waals surface area contributed by atoms with Crippen molar-refractivity contribution in [2.24, 2.45) is 0 Å². The average molecular weight is 265 g/mol. The van der Waals surface area contributed by atoms with E-state index >= 15 is 0 Å². The zero-order valence-corrected chi connectivity index (χ0v) is 10.9. The molecule has 0 amide bonds. The predicted molar refractivity (Wildman–Crippen MR) is 69.5 cm³/mol. The first-order valence-corrected chi connectivity index (χ1v) is 7.05. The SMILES string of the molecule is O=c1oc(-c2cccs2)nn1CN1CCCCC1. The second-order valence-corrected chi connectivity index (χ2v) is 5.42. The van der Waals surface area contributed by atoms with Crippen molar-refractivity contribution in [3.8, 4) is 10.8 Å². The van der Waals surface area contributed by atoms with Crippen LogP contribution in [0.15, 0.2) is 26.7 Å². The van der Waals surface area contributed by atoms with E-state index in [4.69, 9.17) is 4.42 Å². The fraction of sp³-hybridized carbons (Fsp3) is 0.500. The second-order valence-electron chi connectivity index (χ2n) is 4.47. The maximum Gasteiger partial charge on any atom is 0.438 e. The van der Waals surface area contributed by atoms with Crippen LogP contribution in [-0.2, 0) is 6.67 Å². The summed E-state index contributed by atoms with van der Waals surface area (Å²) >= 11 is 1.52. The maximum absolute atomic E-state index is 11.7. The van der Waals surface area contributed by atoms with Crippen LogP contribution in [0.2, 0.25) is 0 Å². The molecule has 5 nitrogen and oxygen atoms in total. The molecule has 0 spiro atoms. The van der Waals surface area contributed by atoms with Gasteiger partial charge in [0.15, 0.2) is 0 Å². The third-order valence-electron chi connectivity index (χ3n) is 3.12. The highest BCUT2D eigenvalue weighted by molar-refractivity contribution is 7.13. The summed E-state index contributed by atoms with van der Waals surface area (Å²) in [4.78, 5) is 14.9. The van der Waals surface area contributed by atoms with Gasteiger partial charge < -0.3 is 4.42 Å². The van der Waals surface area contributed by atoms with E-state index in [0.717, 1.165) is 18.0 Å². The van der Waals surface area contributed by atoms with E-state index in [1.54, 1.807) is 0 Å². The first-order chi connectivity index (χ1) is 8.83. The molecule has 0 aliphatic carbocycles. The summed E-state index contributed by atoms with van der Waals surface area (Å²) in [5.41, 5.74) is 0. The quantitative estimate of drug-likeness (QED) is 0.852. The van der Waals surface area contributed by atoms with Gasteiger partial charge in [-0.15, -0.1) is 16.4 Å². The molecule has 0 aromatic carbocycles. The summed E-state index contributed by atoms with van der Waals surface area (Å²) in [6.07, 6.45) is 3.68. The Balaban J connectivity index is 1.78. The van der Waals surface area contributed by atoms with E-state index in [1.807, 2.05) is 17.5 Å². The van der Waals surface area contributed by atoms with Crippen molar-refractivity contribution >= 4 is 11.3 Å². The van der Waals surface area contributed by atoms with Crippen molar-refractivity contribution in [2.45, 2.75) is 25.9 Å². The molecule has 1 aliphatic heterocycles. The number of hydrogen-bond acceptors (Lipinski definition) is 5. The van der Waals surface area contributed by atoms with Crippen LogP contribution in [0.4, 0.5) is 0 Å². The van der Waals surface area contributed by atoms with Crippen LogP contribution in [0.5, 0.6) is 0 Å². The van der Waals surface area contributed by atoms with Crippen LogP contribution in [0.3, 0.4) is 0 Å². The van der Waals surface area contributed by atoms with Crippen LogP contribution < -0.4 is 5.76 Å². The van der Waals surface area contributed by atoms with Crippen molar-refractivity contribution in [1.82, 2.24) is 14.7 Å². The summed E-state index contributed by atoms with van der Waals surface area (Å²) in [5, 5.41) is 6.20. The summed E-state index contributed by atoms with van der Waals surface area (Å²) in [5.74, 6) is 0.0518. The summed E-state index contributed by atoms with van der Waals surface area (Å²) in [6.45, 7) is 2.61. The van der Waals surface area contributed by atoms with Crippen LogP contribution in [0, 0.1) is 0 Å². The lowest BCUT2D eigenvalue weighted by Gasteiger charge is -2.25. The lowest BCUT2D eigenvalue weighted by Crippen LogP contribution is -2.35. The number of piperidine rings is 1. The normalized spacial score (nSPS) is 17.1. The first-order valence-electron chi connectivity index (χ1n) is 6.17. The molecule has 1 fully saturated rings. The van der Waals surface area contributed by atoms with E-state index in [-0.39, 0.29) is 5.76 Å². The van der Waals surface area contributed by atoms with Gasteiger partial charge in [-0.1, -0.05) is 12.5 Å².